The minimum absolute atomic E-state index is 0.152. The van der Waals surface area contributed by atoms with Crippen molar-refractivity contribution in [1.82, 2.24) is 10.6 Å². The normalized spacial score (nSPS) is 10.2. The number of hydrogen-bond acceptors (Lipinski definition) is 3. The maximum Gasteiger partial charge on any atom is 0.258 e. The average Bonchev–Trinajstić information content (AvgIpc) is 2.78. The Hall–Kier alpha value is -3.60. The number of para-hydroxylation sites is 1. The fourth-order valence-corrected chi connectivity index (χ4v) is 2.83. The highest BCUT2D eigenvalue weighted by Gasteiger charge is 2.13. The van der Waals surface area contributed by atoms with Crippen LogP contribution in [0.1, 0.15) is 21.5 Å². The van der Waals surface area contributed by atoms with Crippen molar-refractivity contribution in [3.8, 4) is 5.75 Å². The third-order valence-electron chi connectivity index (χ3n) is 4.37. The van der Waals surface area contributed by atoms with Gasteiger partial charge in [-0.15, -0.1) is 0 Å². The van der Waals surface area contributed by atoms with Gasteiger partial charge in [-0.25, -0.2) is 0 Å². The first kappa shape index (κ1) is 20.1. The Bertz CT molecular complexity index is 927. The Balaban J connectivity index is 1.48. The molecule has 0 bridgehead atoms. The van der Waals surface area contributed by atoms with Crippen molar-refractivity contribution >= 4 is 11.8 Å². The summed E-state index contributed by atoms with van der Waals surface area (Å²) in [7, 11) is 0. The van der Waals surface area contributed by atoms with Crippen molar-refractivity contribution in [2.75, 3.05) is 13.2 Å². The molecule has 29 heavy (non-hydrogen) atoms. The quantitative estimate of drug-likeness (QED) is 0.591. The van der Waals surface area contributed by atoms with Crippen LogP contribution in [0.15, 0.2) is 84.9 Å². The van der Waals surface area contributed by atoms with Crippen LogP contribution in [-0.2, 0) is 17.8 Å². The van der Waals surface area contributed by atoms with Gasteiger partial charge in [-0.1, -0.05) is 72.8 Å². The largest absolute Gasteiger partial charge is 0.483 e. The number of hydrogen-bond donors (Lipinski definition) is 2. The number of ether oxygens (including phenoxy) is 1. The smallest absolute Gasteiger partial charge is 0.258 e. The lowest BCUT2D eigenvalue weighted by atomic mass is 10.1. The van der Waals surface area contributed by atoms with Crippen molar-refractivity contribution in [3.63, 3.8) is 0 Å². The van der Waals surface area contributed by atoms with Gasteiger partial charge in [-0.3, -0.25) is 9.59 Å². The Morgan fingerprint density at radius 1 is 0.724 bits per heavy atom. The third-order valence-corrected chi connectivity index (χ3v) is 4.37. The summed E-state index contributed by atoms with van der Waals surface area (Å²) in [5, 5.41) is 5.71. The van der Waals surface area contributed by atoms with Crippen molar-refractivity contribution in [2.45, 2.75) is 13.0 Å². The summed E-state index contributed by atoms with van der Waals surface area (Å²) in [5.74, 6) is -0.0751. The average molecular weight is 388 g/mol. The molecule has 0 radical (unpaired) electrons. The maximum atomic E-state index is 12.5. The van der Waals surface area contributed by atoms with Gasteiger partial charge in [-0.05, 0) is 29.7 Å². The molecule has 3 rings (SSSR count). The number of benzene rings is 3. The molecule has 5 heteroatoms. The van der Waals surface area contributed by atoms with Crippen LogP contribution >= 0.6 is 0 Å². The molecule has 0 aliphatic heterocycles. The first-order valence-electron chi connectivity index (χ1n) is 9.57. The van der Waals surface area contributed by atoms with Crippen molar-refractivity contribution in [1.29, 1.82) is 0 Å². The SMILES string of the molecule is O=C(COc1ccccc1C(=O)NCCc1ccccc1)NCc1ccccc1. The molecule has 148 valence electrons. The molecule has 0 saturated heterocycles. The van der Waals surface area contributed by atoms with Crippen LogP contribution in [0.25, 0.3) is 0 Å². The van der Waals surface area contributed by atoms with Crippen molar-refractivity contribution in [3.05, 3.63) is 102 Å². The highest BCUT2D eigenvalue weighted by atomic mass is 16.5. The van der Waals surface area contributed by atoms with E-state index >= 15 is 0 Å². The van der Waals surface area contributed by atoms with E-state index in [4.69, 9.17) is 4.74 Å². The van der Waals surface area contributed by atoms with Gasteiger partial charge in [0, 0.05) is 13.1 Å². The van der Waals surface area contributed by atoms with Crippen LogP contribution in [0.5, 0.6) is 5.75 Å². The van der Waals surface area contributed by atoms with E-state index in [9.17, 15) is 9.59 Å². The molecular formula is C24H24N2O3. The highest BCUT2D eigenvalue weighted by molar-refractivity contribution is 5.97. The van der Waals surface area contributed by atoms with E-state index in [0.29, 0.717) is 24.4 Å². The van der Waals surface area contributed by atoms with Gasteiger partial charge in [0.25, 0.3) is 11.8 Å². The van der Waals surface area contributed by atoms with E-state index in [1.807, 2.05) is 60.7 Å². The van der Waals surface area contributed by atoms with Crippen LogP contribution in [-0.4, -0.2) is 25.0 Å². The zero-order chi connectivity index (χ0) is 20.3. The molecule has 0 unspecified atom stereocenters. The fraction of sp³-hybridized carbons (Fsp3) is 0.167. The molecular weight excluding hydrogens is 364 g/mol. The summed E-state index contributed by atoms with van der Waals surface area (Å²) >= 11 is 0. The molecule has 2 N–H and O–H groups in total. The van der Waals surface area contributed by atoms with E-state index in [1.165, 1.54) is 0 Å². The van der Waals surface area contributed by atoms with Gasteiger partial charge in [0.2, 0.25) is 0 Å². The van der Waals surface area contributed by atoms with Gasteiger partial charge in [-0.2, -0.15) is 0 Å². The second-order valence-corrected chi connectivity index (χ2v) is 6.54. The van der Waals surface area contributed by atoms with E-state index in [0.717, 1.165) is 17.5 Å². The second kappa shape index (κ2) is 10.7. The van der Waals surface area contributed by atoms with Gasteiger partial charge in [0.15, 0.2) is 6.61 Å². The van der Waals surface area contributed by atoms with E-state index in [1.54, 1.807) is 24.3 Å². The molecule has 3 aromatic carbocycles. The van der Waals surface area contributed by atoms with Crippen molar-refractivity contribution < 1.29 is 14.3 Å². The monoisotopic (exact) mass is 388 g/mol. The third kappa shape index (κ3) is 6.50. The highest BCUT2D eigenvalue weighted by Crippen LogP contribution is 2.17. The van der Waals surface area contributed by atoms with Crippen LogP contribution in [0, 0.1) is 0 Å². The Morgan fingerprint density at radius 2 is 1.34 bits per heavy atom. The summed E-state index contributed by atoms with van der Waals surface area (Å²) in [6.07, 6.45) is 0.748. The summed E-state index contributed by atoms with van der Waals surface area (Å²) in [6.45, 7) is 0.806. The summed E-state index contributed by atoms with van der Waals surface area (Å²) in [5.41, 5.74) is 2.59. The molecule has 0 fully saturated rings. The molecule has 5 nitrogen and oxygen atoms in total. The standard InChI is InChI=1S/C24H24N2O3/c27-23(26-17-20-11-5-2-6-12-20)18-29-22-14-8-7-13-21(22)24(28)25-16-15-19-9-3-1-4-10-19/h1-14H,15-18H2,(H,25,28)(H,26,27). The molecule has 0 aromatic heterocycles. The van der Waals surface area contributed by atoms with Gasteiger partial charge < -0.3 is 15.4 Å². The molecule has 0 aliphatic carbocycles. The zero-order valence-electron chi connectivity index (χ0n) is 16.1. The molecule has 3 aromatic rings. The van der Waals surface area contributed by atoms with E-state index in [-0.39, 0.29) is 18.4 Å². The fourth-order valence-electron chi connectivity index (χ4n) is 2.83. The van der Waals surface area contributed by atoms with Gasteiger partial charge in [0.1, 0.15) is 5.75 Å². The first-order chi connectivity index (χ1) is 14.2. The lowest BCUT2D eigenvalue weighted by Crippen LogP contribution is -2.29. The second-order valence-electron chi connectivity index (χ2n) is 6.54. The minimum atomic E-state index is -0.242. The van der Waals surface area contributed by atoms with E-state index in [2.05, 4.69) is 10.6 Å². The molecule has 2 amide bonds. The van der Waals surface area contributed by atoms with Gasteiger partial charge in [0.05, 0.1) is 5.56 Å². The zero-order valence-corrected chi connectivity index (χ0v) is 16.1. The topological polar surface area (TPSA) is 67.4 Å². The lowest BCUT2D eigenvalue weighted by molar-refractivity contribution is -0.123. The first-order valence-corrected chi connectivity index (χ1v) is 9.57. The number of carbonyl (C=O) groups is 2. The molecule has 0 aliphatic rings. The van der Waals surface area contributed by atoms with Gasteiger partial charge >= 0.3 is 0 Å². The lowest BCUT2D eigenvalue weighted by Gasteiger charge is -2.12. The summed E-state index contributed by atoms with van der Waals surface area (Å²) in [4.78, 5) is 24.6. The number of carbonyl (C=O) groups excluding carboxylic acids is 2. The molecule has 0 saturated carbocycles. The molecule has 0 atom stereocenters. The Morgan fingerprint density at radius 3 is 2.07 bits per heavy atom. The Kier molecular flexibility index (Phi) is 7.41. The Labute approximate surface area is 170 Å². The summed E-state index contributed by atoms with van der Waals surface area (Å²) in [6, 6.07) is 26.5. The van der Waals surface area contributed by atoms with Crippen LogP contribution < -0.4 is 15.4 Å². The molecule has 0 heterocycles. The van der Waals surface area contributed by atoms with E-state index < -0.39 is 0 Å². The van der Waals surface area contributed by atoms with Crippen molar-refractivity contribution in [2.24, 2.45) is 0 Å². The maximum absolute atomic E-state index is 12.5. The van der Waals surface area contributed by atoms with Crippen LogP contribution in [0.2, 0.25) is 0 Å². The molecule has 0 spiro atoms. The number of nitrogens with one attached hydrogen (secondary N) is 2. The predicted octanol–water partition coefficient (Wildman–Crippen LogP) is 3.35. The number of amides is 2. The summed E-state index contributed by atoms with van der Waals surface area (Å²) < 4.78 is 5.60. The minimum Gasteiger partial charge on any atom is -0.483 e. The predicted molar refractivity (Wildman–Crippen MR) is 113 cm³/mol. The van der Waals surface area contributed by atoms with Crippen LogP contribution in [0.3, 0.4) is 0 Å². The number of rotatable bonds is 9. The van der Waals surface area contributed by atoms with Crippen LogP contribution in [0.4, 0.5) is 0 Å².